The lowest BCUT2D eigenvalue weighted by molar-refractivity contribution is 0.684. The lowest BCUT2D eigenvalue weighted by Crippen LogP contribution is -2.03. The summed E-state index contributed by atoms with van der Waals surface area (Å²) in [4.78, 5) is 4.43. The first-order valence-corrected chi connectivity index (χ1v) is 6.48. The minimum absolute atomic E-state index is 0.584. The maximum atomic E-state index is 9.20. The fourth-order valence-electron chi connectivity index (χ4n) is 1.98. The Morgan fingerprint density at radius 1 is 1.33 bits per heavy atom. The number of unbranched alkanes of at least 4 members (excludes halogenated alkanes) is 3. The average molecular weight is 242 g/mol. The topological polar surface area (TPSA) is 53.1 Å². The van der Waals surface area contributed by atoms with E-state index in [0.717, 1.165) is 18.6 Å². The zero-order valence-electron chi connectivity index (χ0n) is 10.7. The van der Waals surface area contributed by atoms with Crippen LogP contribution in [-0.2, 0) is 0 Å². The summed E-state index contributed by atoms with van der Waals surface area (Å²) in [6.45, 7) is 3.07. The summed E-state index contributed by atoms with van der Waals surface area (Å²) in [6.07, 6.45) is 6.70. The lowest BCUT2D eigenvalue weighted by Gasteiger charge is -2.02. The summed E-state index contributed by atoms with van der Waals surface area (Å²) >= 11 is 0. The minimum atomic E-state index is 0.584. The van der Waals surface area contributed by atoms with Crippen molar-refractivity contribution >= 4 is 11.5 Å². The highest BCUT2D eigenvalue weighted by Crippen LogP contribution is 2.16. The lowest BCUT2D eigenvalue weighted by atomic mass is 10.2. The second-order valence-electron chi connectivity index (χ2n) is 4.34. The number of fused-ring (bicyclic) bond motifs is 1. The molecule has 94 valence electrons. The van der Waals surface area contributed by atoms with Gasteiger partial charge in [0.05, 0.1) is 0 Å². The Morgan fingerprint density at radius 2 is 2.22 bits per heavy atom. The predicted molar refractivity (Wildman–Crippen MR) is 72.5 cm³/mol. The van der Waals surface area contributed by atoms with Gasteiger partial charge in [0.1, 0.15) is 11.7 Å². The number of rotatable bonds is 6. The van der Waals surface area contributed by atoms with Crippen LogP contribution in [0.3, 0.4) is 0 Å². The van der Waals surface area contributed by atoms with Crippen LogP contribution in [0.2, 0.25) is 0 Å². The van der Waals surface area contributed by atoms with Gasteiger partial charge >= 0.3 is 0 Å². The van der Waals surface area contributed by atoms with Gasteiger partial charge in [-0.1, -0.05) is 32.3 Å². The maximum absolute atomic E-state index is 9.20. The van der Waals surface area contributed by atoms with E-state index >= 15 is 0 Å². The molecule has 0 aromatic carbocycles. The molecule has 4 heteroatoms. The van der Waals surface area contributed by atoms with Gasteiger partial charge in [0.25, 0.3) is 0 Å². The first-order chi connectivity index (χ1) is 8.86. The van der Waals surface area contributed by atoms with Crippen LogP contribution in [0, 0.1) is 11.3 Å². The highest BCUT2D eigenvalue weighted by Gasteiger charge is 2.09. The minimum Gasteiger partial charge on any atom is -0.368 e. The van der Waals surface area contributed by atoms with E-state index in [9.17, 15) is 5.26 Å². The number of aromatic nitrogens is 2. The van der Waals surface area contributed by atoms with Gasteiger partial charge in [-0.3, -0.25) is 4.40 Å². The van der Waals surface area contributed by atoms with Crippen molar-refractivity contribution in [2.24, 2.45) is 0 Å². The van der Waals surface area contributed by atoms with Crippen molar-refractivity contribution in [2.75, 3.05) is 11.9 Å². The van der Waals surface area contributed by atoms with Gasteiger partial charge in [-0.05, 0) is 18.6 Å². The highest BCUT2D eigenvalue weighted by molar-refractivity contribution is 5.58. The number of hydrogen-bond donors (Lipinski definition) is 1. The molecule has 0 saturated carbocycles. The summed E-state index contributed by atoms with van der Waals surface area (Å²) in [5.41, 5.74) is 1.39. The molecule has 1 N–H and O–H groups in total. The number of nitrogens with zero attached hydrogens (tertiary/aromatic N) is 3. The Hall–Kier alpha value is -2.02. The molecule has 4 nitrogen and oxygen atoms in total. The van der Waals surface area contributed by atoms with E-state index in [-0.39, 0.29) is 0 Å². The first kappa shape index (κ1) is 12.4. The van der Waals surface area contributed by atoms with E-state index < -0.39 is 0 Å². The number of hydrogen-bond acceptors (Lipinski definition) is 3. The van der Waals surface area contributed by atoms with Crippen molar-refractivity contribution in [3.05, 3.63) is 30.1 Å². The summed E-state index contributed by atoms with van der Waals surface area (Å²) in [6, 6.07) is 7.94. The van der Waals surface area contributed by atoms with Crippen LogP contribution in [0.1, 0.15) is 38.3 Å². The normalized spacial score (nSPS) is 10.4. The fraction of sp³-hybridized carbons (Fsp3) is 0.429. The molecule has 2 aromatic heterocycles. The Kier molecular flexibility index (Phi) is 4.19. The smallest absolute Gasteiger partial charge is 0.168 e. The van der Waals surface area contributed by atoms with Gasteiger partial charge < -0.3 is 5.32 Å². The molecule has 0 atom stereocenters. The molecule has 18 heavy (non-hydrogen) atoms. The predicted octanol–water partition coefficient (Wildman–Crippen LogP) is 3.20. The Labute approximate surface area is 107 Å². The summed E-state index contributed by atoms with van der Waals surface area (Å²) in [5, 5.41) is 12.5. The molecule has 0 unspecified atom stereocenters. The number of imidazole rings is 1. The molecular weight excluding hydrogens is 224 g/mol. The third-order valence-corrected chi connectivity index (χ3v) is 2.96. The van der Waals surface area contributed by atoms with E-state index in [1.54, 1.807) is 0 Å². The van der Waals surface area contributed by atoms with Crippen molar-refractivity contribution in [3.63, 3.8) is 0 Å². The molecule has 0 spiro atoms. The molecule has 0 bridgehead atoms. The number of anilines is 1. The van der Waals surface area contributed by atoms with Gasteiger partial charge in [-0.2, -0.15) is 5.26 Å². The molecule has 0 saturated heterocycles. The van der Waals surface area contributed by atoms with Crippen molar-refractivity contribution in [3.8, 4) is 6.07 Å². The average Bonchev–Trinajstić information content (AvgIpc) is 2.76. The van der Waals surface area contributed by atoms with Gasteiger partial charge in [-0.25, -0.2) is 4.98 Å². The zero-order valence-corrected chi connectivity index (χ0v) is 10.7. The van der Waals surface area contributed by atoms with E-state index in [0.29, 0.717) is 11.5 Å². The van der Waals surface area contributed by atoms with Crippen LogP contribution < -0.4 is 5.32 Å². The number of nitriles is 1. The van der Waals surface area contributed by atoms with Crippen molar-refractivity contribution < 1.29 is 0 Å². The van der Waals surface area contributed by atoms with Crippen LogP contribution in [0.15, 0.2) is 24.4 Å². The van der Waals surface area contributed by atoms with E-state index in [1.165, 1.54) is 19.3 Å². The van der Waals surface area contributed by atoms with Crippen LogP contribution >= 0.6 is 0 Å². The summed E-state index contributed by atoms with van der Waals surface area (Å²) in [5.74, 6) is 0.695. The Balaban J connectivity index is 2.06. The largest absolute Gasteiger partial charge is 0.368 e. The second kappa shape index (κ2) is 6.06. The van der Waals surface area contributed by atoms with Crippen LogP contribution in [0.4, 0.5) is 5.82 Å². The van der Waals surface area contributed by atoms with E-state index in [1.807, 2.05) is 28.8 Å². The molecule has 0 fully saturated rings. The second-order valence-corrected chi connectivity index (χ2v) is 4.34. The summed E-state index contributed by atoms with van der Waals surface area (Å²) < 4.78 is 1.81. The first-order valence-electron chi connectivity index (χ1n) is 6.48. The third kappa shape index (κ3) is 2.62. The van der Waals surface area contributed by atoms with E-state index in [4.69, 9.17) is 0 Å². The van der Waals surface area contributed by atoms with Gasteiger partial charge in [0, 0.05) is 12.7 Å². The zero-order chi connectivity index (χ0) is 12.8. The molecule has 0 amide bonds. The summed E-state index contributed by atoms with van der Waals surface area (Å²) in [7, 11) is 0. The Morgan fingerprint density at radius 3 is 3.00 bits per heavy atom. The quantitative estimate of drug-likeness (QED) is 0.791. The van der Waals surface area contributed by atoms with Crippen molar-refractivity contribution in [2.45, 2.75) is 32.6 Å². The molecule has 2 heterocycles. The number of pyridine rings is 1. The Bertz CT molecular complexity index is 550. The van der Waals surface area contributed by atoms with Crippen LogP contribution in [0.5, 0.6) is 0 Å². The molecule has 2 rings (SSSR count). The SMILES string of the molecule is CCCCCCNc1nc2ccccn2c1C#N. The van der Waals surface area contributed by atoms with Gasteiger partial charge in [0.15, 0.2) is 11.5 Å². The molecular formula is C14H18N4. The standard InChI is InChI=1S/C14H18N4/c1-2-3-4-6-9-16-14-12(11-15)18-10-7-5-8-13(18)17-14/h5,7-8,10,16H,2-4,6,9H2,1H3. The highest BCUT2D eigenvalue weighted by atomic mass is 15.1. The van der Waals surface area contributed by atoms with Crippen molar-refractivity contribution in [1.29, 1.82) is 5.26 Å². The molecule has 2 aromatic rings. The number of nitrogens with one attached hydrogen (secondary N) is 1. The molecule has 0 aliphatic heterocycles. The molecule has 0 aliphatic rings. The monoisotopic (exact) mass is 242 g/mol. The third-order valence-electron chi connectivity index (χ3n) is 2.96. The molecule has 0 aliphatic carbocycles. The van der Waals surface area contributed by atoms with Crippen molar-refractivity contribution in [1.82, 2.24) is 9.38 Å². The van der Waals surface area contributed by atoms with Gasteiger partial charge in [0.2, 0.25) is 0 Å². The van der Waals surface area contributed by atoms with Gasteiger partial charge in [-0.15, -0.1) is 0 Å². The fourth-order valence-corrected chi connectivity index (χ4v) is 1.98. The maximum Gasteiger partial charge on any atom is 0.168 e. The molecule has 0 radical (unpaired) electrons. The van der Waals surface area contributed by atoms with Crippen LogP contribution in [0.25, 0.3) is 5.65 Å². The van der Waals surface area contributed by atoms with Crippen LogP contribution in [-0.4, -0.2) is 15.9 Å². The van der Waals surface area contributed by atoms with E-state index in [2.05, 4.69) is 23.3 Å².